The molecule has 1 aromatic heterocycles. The molecule has 1 amide bonds. The Morgan fingerprint density at radius 1 is 1.26 bits per heavy atom. The van der Waals surface area contributed by atoms with E-state index in [9.17, 15) is 26.6 Å². The average molecular weight is 469 g/mol. The number of anilines is 1. The normalized spacial score (nSPS) is 14.3. The molecule has 0 spiro atoms. The molecule has 14 heteroatoms. The zero-order chi connectivity index (χ0) is 24.2. The molecule has 0 fully saturated rings. The van der Waals surface area contributed by atoms with E-state index in [0.717, 1.165) is 13.1 Å². The highest BCUT2D eigenvalue weighted by molar-refractivity contribution is 7.72. The van der Waals surface area contributed by atoms with E-state index in [-0.39, 0.29) is 11.5 Å². The first-order valence-corrected chi connectivity index (χ1v) is 9.90. The number of nitrogens with zero attached hydrogens (tertiary/aromatic N) is 4. The van der Waals surface area contributed by atoms with Crippen molar-refractivity contribution in [2.24, 2.45) is 9.36 Å². The number of alkyl halides is 3. The number of nitrogens with one attached hydrogen (secondary N) is 1. The van der Waals surface area contributed by atoms with E-state index in [1.807, 2.05) is 0 Å². The van der Waals surface area contributed by atoms with Crippen LogP contribution in [0.5, 0.6) is 0 Å². The second kappa shape index (κ2) is 9.66. The molecule has 1 heterocycles. The third kappa shape index (κ3) is 8.94. The molecule has 31 heavy (non-hydrogen) atoms. The third-order valence-electron chi connectivity index (χ3n) is 3.33. The number of aromatic nitrogens is 1. The lowest BCUT2D eigenvalue weighted by atomic mass is 10.0. The van der Waals surface area contributed by atoms with Gasteiger partial charge in [-0.15, -0.1) is 0 Å². The average Bonchev–Trinajstić information content (AvgIpc) is 2.57. The number of nitrogens with two attached hydrogens (primary N) is 1. The topological polar surface area (TPSA) is 122 Å². The summed E-state index contributed by atoms with van der Waals surface area (Å²) in [5, 5.41) is 2.21. The van der Waals surface area contributed by atoms with Gasteiger partial charge in [0.25, 0.3) is 0 Å². The molecule has 0 saturated heterocycles. The van der Waals surface area contributed by atoms with Crippen LogP contribution in [0.15, 0.2) is 21.5 Å². The summed E-state index contributed by atoms with van der Waals surface area (Å²) in [6.45, 7) is 5.90. The first kappa shape index (κ1) is 26.4. The predicted octanol–water partition coefficient (Wildman–Crippen LogP) is 3.48. The number of guanidine groups is 1. The zero-order valence-corrected chi connectivity index (χ0v) is 18.7. The Bertz CT molecular complexity index is 921. The van der Waals surface area contributed by atoms with E-state index in [1.54, 1.807) is 20.8 Å². The van der Waals surface area contributed by atoms with Crippen LogP contribution in [0.1, 0.15) is 40.3 Å². The van der Waals surface area contributed by atoms with Gasteiger partial charge in [-0.3, -0.25) is 5.32 Å². The number of aliphatic imine (C=N–C) groups is 1. The first-order valence-electron chi connectivity index (χ1n) is 8.83. The summed E-state index contributed by atoms with van der Waals surface area (Å²) < 4.78 is 72.6. The number of carbonyl (C=O) groups is 1. The van der Waals surface area contributed by atoms with Gasteiger partial charge in [0.05, 0.1) is 0 Å². The van der Waals surface area contributed by atoms with Crippen molar-refractivity contribution in [2.45, 2.75) is 51.9 Å². The van der Waals surface area contributed by atoms with Crippen molar-refractivity contribution in [3.8, 4) is 0 Å². The summed E-state index contributed by atoms with van der Waals surface area (Å²) in [5.41, 5.74) is 3.00. The summed E-state index contributed by atoms with van der Waals surface area (Å²) >= 11 is 0. The highest BCUT2D eigenvalue weighted by Gasteiger charge is 2.28. The van der Waals surface area contributed by atoms with Crippen LogP contribution in [0.4, 0.5) is 28.2 Å². The Morgan fingerprint density at radius 2 is 1.84 bits per heavy atom. The highest BCUT2D eigenvalue weighted by Crippen LogP contribution is 2.27. The maximum atomic E-state index is 14.3. The van der Waals surface area contributed by atoms with Gasteiger partial charge in [-0.25, -0.2) is 19.2 Å². The van der Waals surface area contributed by atoms with Crippen LogP contribution in [0, 0.1) is 5.82 Å². The smallest absolute Gasteiger partial charge is 0.414 e. The van der Waals surface area contributed by atoms with Crippen LogP contribution in [-0.2, 0) is 25.3 Å². The lowest BCUT2D eigenvalue weighted by Crippen LogP contribution is -2.45. The lowest BCUT2D eigenvalue weighted by Gasteiger charge is -2.30. The summed E-state index contributed by atoms with van der Waals surface area (Å²) in [6.07, 6.45) is -5.71. The van der Waals surface area contributed by atoms with Gasteiger partial charge in [0, 0.05) is 0 Å². The van der Waals surface area contributed by atoms with Gasteiger partial charge in [-0.05, 0) is 53.8 Å². The fraction of sp³-hybridized carbons (Fsp3) is 0.588. The third-order valence-corrected chi connectivity index (χ3v) is 4.32. The van der Waals surface area contributed by atoms with E-state index in [2.05, 4.69) is 19.7 Å². The van der Waals surface area contributed by atoms with Crippen LogP contribution < -0.4 is 11.1 Å². The van der Waals surface area contributed by atoms with Gasteiger partial charge in [0.1, 0.15) is 35.0 Å². The van der Waals surface area contributed by atoms with Crippen LogP contribution in [0.2, 0.25) is 0 Å². The Hall–Kier alpha value is -2.64. The molecule has 0 bridgehead atoms. The van der Waals surface area contributed by atoms with Crippen molar-refractivity contribution < 1.29 is 31.3 Å². The summed E-state index contributed by atoms with van der Waals surface area (Å²) in [7, 11) is -1.49. The fourth-order valence-corrected chi connectivity index (χ4v) is 2.73. The second-order valence-corrected chi connectivity index (χ2v) is 9.09. The number of halogens is 4. The van der Waals surface area contributed by atoms with E-state index in [1.165, 1.54) is 19.9 Å². The molecular formula is C17H25F4N6O3S-. The fourth-order valence-electron chi connectivity index (χ4n) is 2.06. The molecule has 0 aliphatic carbocycles. The molecule has 1 rings (SSSR count). The van der Waals surface area contributed by atoms with Crippen LogP contribution in [0.3, 0.4) is 0 Å². The van der Waals surface area contributed by atoms with E-state index >= 15 is 0 Å². The number of carbonyl (C=O) groups excluding carboxylic acids is 1. The van der Waals surface area contributed by atoms with E-state index in [4.69, 9.17) is 10.5 Å². The zero-order valence-electron chi connectivity index (χ0n) is 17.9. The Balaban J connectivity index is 3.42. The molecule has 0 aliphatic rings. The Labute approximate surface area is 179 Å². The van der Waals surface area contributed by atoms with Crippen molar-refractivity contribution in [1.29, 1.82) is 0 Å². The van der Waals surface area contributed by atoms with Crippen LogP contribution >= 0.6 is 0 Å². The molecule has 0 aliphatic heterocycles. The monoisotopic (exact) mass is 469 g/mol. The van der Waals surface area contributed by atoms with Crippen molar-refractivity contribution >= 4 is 28.7 Å². The van der Waals surface area contributed by atoms with Crippen molar-refractivity contribution in [1.82, 2.24) is 14.6 Å². The standard InChI is InChI=1S/C17H25F4N6O3S/c1-15(2,3)30-14(28)25-13(27(6)31(29)23-9-17(19,20)21)26-16(4,5)12-10(18)7-8-11(22)24-12/h7-8H,9H2,1-6H3,(H2,22,24)(H,25,26,28)/q-1. The number of alkyl carbamates (subject to hydrolysis) is 1. The second-order valence-electron chi connectivity index (χ2n) is 7.82. The van der Waals surface area contributed by atoms with Gasteiger partial charge in [-0.2, -0.15) is 13.2 Å². The molecule has 0 saturated carbocycles. The molecule has 9 nitrogen and oxygen atoms in total. The minimum Gasteiger partial charge on any atom is -0.444 e. The molecule has 1 aromatic rings. The Morgan fingerprint density at radius 3 is 2.35 bits per heavy atom. The molecule has 0 unspecified atom stereocenters. The van der Waals surface area contributed by atoms with Crippen molar-refractivity contribution in [3.05, 3.63) is 23.6 Å². The van der Waals surface area contributed by atoms with Gasteiger partial charge in [0.15, 0.2) is 5.96 Å². The molecule has 176 valence electrons. The number of hydrogen-bond acceptors (Lipinski definition) is 8. The van der Waals surface area contributed by atoms with E-state index in [0.29, 0.717) is 4.31 Å². The van der Waals surface area contributed by atoms with Crippen LogP contribution in [-0.4, -0.2) is 46.7 Å². The highest BCUT2D eigenvalue weighted by atomic mass is 32.2. The van der Waals surface area contributed by atoms with Crippen LogP contribution in [0.25, 0.3) is 0 Å². The van der Waals surface area contributed by atoms with Gasteiger partial charge in [-0.1, -0.05) is 10.8 Å². The number of ether oxygens (including phenoxy) is 1. The molecular weight excluding hydrogens is 444 g/mol. The SMILES string of the molecule is CN(C(=NC(C)(C)c1nc(N)ccc1F)NC(=O)OC(C)(C)C)[S-](=O)=NCC(F)(F)F. The summed E-state index contributed by atoms with van der Waals surface area (Å²) in [4.78, 5) is 20.2. The molecule has 0 aromatic carbocycles. The minimum atomic E-state index is -4.68. The number of nitrogen functional groups attached to an aromatic ring is 1. The summed E-state index contributed by atoms with van der Waals surface area (Å²) in [6, 6.07) is 2.30. The number of amides is 1. The van der Waals surface area contributed by atoms with Gasteiger partial charge in [0.2, 0.25) is 0 Å². The maximum absolute atomic E-state index is 14.3. The Kier molecular flexibility index (Phi) is 8.23. The number of pyridine rings is 1. The number of rotatable bonds is 4. The van der Waals surface area contributed by atoms with Gasteiger partial charge >= 0.3 is 12.3 Å². The van der Waals surface area contributed by atoms with Crippen molar-refractivity contribution in [2.75, 3.05) is 19.3 Å². The largest absolute Gasteiger partial charge is 0.444 e. The minimum absolute atomic E-state index is 0.00145. The number of hydrogen-bond donors (Lipinski definition) is 2. The summed E-state index contributed by atoms with van der Waals surface area (Å²) in [5.74, 6) is -1.24. The van der Waals surface area contributed by atoms with Crippen molar-refractivity contribution in [3.63, 3.8) is 0 Å². The predicted molar refractivity (Wildman–Crippen MR) is 108 cm³/mol. The lowest BCUT2D eigenvalue weighted by molar-refractivity contribution is -0.117. The van der Waals surface area contributed by atoms with E-state index < -0.39 is 52.5 Å². The molecule has 0 atom stereocenters. The maximum Gasteiger partial charge on any atom is 0.414 e. The first-order chi connectivity index (χ1) is 13.9. The molecule has 0 radical (unpaired) electrons. The quantitative estimate of drug-likeness (QED) is 0.303. The molecule has 3 N–H and O–H groups in total. The van der Waals surface area contributed by atoms with Gasteiger partial charge < -0.3 is 23.3 Å².